The van der Waals surface area contributed by atoms with Crippen molar-refractivity contribution in [1.29, 1.82) is 0 Å². The van der Waals surface area contributed by atoms with Gasteiger partial charge in [-0.25, -0.2) is 0 Å². The predicted molar refractivity (Wildman–Crippen MR) is 70.8 cm³/mol. The molecule has 1 aromatic carbocycles. The van der Waals surface area contributed by atoms with E-state index < -0.39 is 12.0 Å². The summed E-state index contributed by atoms with van der Waals surface area (Å²) in [6.07, 6.45) is 3.74. The van der Waals surface area contributed by atoms with E-state index in [0.717, 1.165) is 24.3 Å². The average molecular weight is 251 g/mol. The molecule has 4 nitrogen and oxygen atoms in total. The zero-order valence-electron chi connectivity index (χ0n) is 10.8. The van der Waals surface area contributed by atoms with Crippen LogP contribution in [0.1, 0.15) is 31.7 Å². The molecule has 0 unspecified atom stereocenters. The lowest BCUT2D eigenvalue weighted by Gasteiger charge is -2.08. The highest BCUT2D eigenvalue weighted by molar-refractivity contribution is 5.73. The lowest BCUT2D eigenvalue weighted by Crippen LogP contribution is -2.32. The molecule has 0 heterocycles. The van der Waals surface area contributed by atoms with Crippen molar-refractivity contribution in [3.8, 4) is 5.75 Å². The summed E-state index contributed by atoms with van der Waals surface area (Å²) in [5.74, 6) is -0.159. The molecule has 0 saturated heterocycles. The minimum atomic E-state index is -0.977. The maximum Gasteiger partial charge on any atom is 0.320 e. The second-order valence-corrected chi connectivity index (χ2v) is 4.35. The van der Waals surface area contributed by atoms with Crippen molar-refractivity contribution < 1.29 is 14.6 Å². The Morgan fingerprint density at radius 2 is 2.00 bits per heavy atom. The van der Waals surface area contributed by atoms with Gasteiger partial charge in [0.15, 0.2) is 0 Å². The average Bonchev–Trinajstić information content (AvgIpc) is 2.36. The van der Waals surface area contributed by atoms with Crippen LogP contribution in [0.3, 0.4) is 0 Å². The van der Waals surface area contributed by atoms with Crippen molar-refractivity contribution in [2.75, 3.05) is 6.61 Å². The van der Waals surface area contributed by atoms with Crippen LogP contribution in [0, 0.1) is 0 Å². The summed E-state index contributed by atoms with van der Waals surface area (Å²) in [5, 5.41) is 8.71. The molecule has 18 heavy (non-hydrogen) atoms. The van der Waals surface area contributed by atoms with E-state index in [1.165, 1.54) is 12.8 Å². The van der Waals surface area contributed by atoms with Gasteiger partial charge in [0, 0.05) is 0 Å². The first-order valence-corrected chi connectivity index (χ1v) is 6.33. The third-order valence-electron chi connectivity index (χ3n) is 2.71. The molecule has 100 valence electrons. The normalized spacial score (nSPS) is 12.1. The highest BCUT2D eigenvalue weighted by atomic mass is 16.5. The van der Waals surface area contributed by atoms with Crippen molar-refractivity contribution in [1.82, 2.24) is 0 Å². The van der Waals surface area contributed by atoms with Crippen LogP contribution in [-0.2, 0) is 11.2 Å². The molecule has 0 aromatic heterocycles. The van der Waals surface area contributed by atoms with Gasteiger partial charge >= 0.3 is 5.97 Å². The van der Waals surface area contributed by atoms with Crippen molar-refractivity contribution in [3.05, 3.63) is 29.8 Å². The van der Waals surface area contributed by atoms with Gasteiger partial charge in [-0.15, -0.1) is 0 Å². The Kier molecular flexibility index (Phi) is 6.22. The number of aliphatic carboxylic acids is 1. The Morgan fingerprint density at radius 1 is 1.33 bits per heavy atom. The van der Waals surface area contributed by atoms with Crippen molar-refractivity contribution in [2.45, 2.75) is 38.6 Å². The second-order valence-electron chi connectivity index (χ2n) is 4.35. The zero-order valence-corrected chi connectivity index (χ0v) is 10.8. The van der Waals surface area contributed by atoms with Crippen LogP contribution in [0.4, 0.5) is 0 Å². The van der Waals surface area contributed by atoms with Gasteiger partial charge in [0.05, 0.1) is 6.61 Å². The van der Waals surface area contributed by atoms with E-state index in [1.54, 1.807) is 0 Å². The number of carboxylic acid groups (broad SMARTS) is 1. The van der Waals surface area contributed by atoms with Crippen LogP contribution in [0.15, 0.2) is 24.3 Å². The fourth-order valence-electron chi connectivity index (χ4n) is 1.61. The molecular weight excluding hydrogens is 230 g/mol. The maximum absolute atomic E-state index is 10.6. The van der Waals surface area contributed by atoms with E-state index in [2.05, 4.69) is 6.92 Å². The van der Waals surface area contributed by atoms with Crippen LogP contribution in [0.5, 0.6) is 5.75 Å². The lowest BCUT2D eigenvalue weighted by atomic mass is 10.1. The van der Waals surface area contributed by atoms with Gasteiger partial charge in [-0.2, -0.15) is 0 Å². The molecular formula is C14H21NO3. The molecule has 0 aliphatic heterocycles. The molecule has 4 heteroatoms. The largest absolute Gasteiger partial charge is 0.494 e. The standard InChI is InChI=1S/C14H21NO3/c1-2-3-4-9-18-12-7-5-11(6-8-12)10-13(15)14(16)17/h5-8,13H,2-4,9-10,15H2,1H3,(H,16,17)/t13-/m0/s1. The quantitative estimate of drug-likeness (QED) is 0.695. The monoisotopic (exact) mass is 251 g/mol. The predicted octanol–water partition coefficient (Wildman–Crippen LogP) is 2.21. The van der Waals surface area contributed by atoms with Crippen LogP contribution >= 0.6 is 0 Å². The number of hydrogen-bond acceptors (Lipinski definition) is 3. The fraction of sp³-hybridized carbons (Fsp3) is 0.500. The fourth-order valence-corrected chi connectivity index (χ4v) is 1.61. The van der Waals surface area contributed by atoms with Gasteiger partial charge < -0.3 is 15.6 Å². The Morgan fingerprint density at radius 3 is 2.56 bits per heavy atom. The molecule has 0 spiro atoms. The van der Waals surface area contributed by atoms with E-state index in [4.69, 9.17) is 15.6 Å². The van der Waals surface area contributed by atoms with Gasteiger partial charge in [-0.1, -0.05) is 31.9 Å². The van der Waals surface area contributed by atoms with Crippen molar-refractivity contribution >= 4 is 5.97 Å². The van der Waals surface area contributed by atoms with Crippen LogP contribution in [-0.4, -0.2) is 23.7 Å². The minimum Gasteiger partial charge on any atom is -0.494 e. The number of ether oxygens (including phenoxy) is 1. The molecule has 0 radical (unpaired) electrons. The van der Waals surface area contributed by atoms with Crippen molar-refractivity contribution in [3.63, 3.8) is 0 Å². The summed E-state index contributed by atoms with van der Waals surface area (Å²) in [6, 6.07) is 6.59. The number of unbranched alkanes of at least 4 members (excludes halogenated alkanes) is 2. The summed E-state index contributed by atoms with van der Waals surface area (Å²) in [7, 11) is 0. The highest BCUT2D eigenvalue weighted by Gasteiger charge is 2.11. The molecule has 0 bridgehead atoms. The van der Waals surface area contributed by atoms with Crippen LogP contribution in [0.2, 0.25) is 0 Å². The molecule has 1 aromatic rings. The summed E-state index contributed by atoms with van der Waals surface area (Å²) in [4.78, 5) is 10.6. The molecule has 3 N–H and O–H groups in total. The topological polar surface area (TPSA) is 72.5 Å². The SMILES string of the molecule is CCCCCOc1ccc(C[C@H](N)C(=O)O)cc1. The number of rotatable bonds is 8. The number of carboxylic acids is 1. The van der Waals surface area contributed by atoms with Gasteiger partial charge in [-0.3, -0.25) is 4.79 Å². The molecule has 0 aliphatic rings. The summed E-state index contributed by atoms with van der Waals surface area (Å²) in [6.45, 7) is 2.88. The number of carbonyl (C=O) groups is 1. The highest BCUT2D eigenvalue weighted by Crippen LogP contribution is 2.13. The third-order valence-corrected chi connectivity index (χ3v) is 2.71. The van der Waals surface area contributed by atoms with Gasteiger partial charge in [0.1, 0.15) is 11.8 Å². The first-order valence-electron chi connectivity index (χ1n) is 6.33. The van der Waals surface area contributed by atoms with Gasteiger partial charge in [0.25, 0.3) is 0 Å². The minimum absolute atomic E-state index is 0.339. The van der Waals surface area contributed by atoms with Crippen molar-refractivity contribution in [2.24, 2.45) is 5.73 Å². The maximum atomic E-state index is 10.6. The molecule has 0 saturated carbocycles. The van der Waals surface area contributed by atoms with E-state index in [1.807, 2.05) is 24.3 Å². The molecule has 0 aliphatic carbocycles. The Balaban J connectivity index is 2.40. The Hall–Kier alpha value is -1.55. The van der Waals surface area contributed by atoms with E-state index >= 15 is 0 Å². The molecule has 0 amide bonds. The number of nitrogens with two attached hydrogens (primary N) is 1. The molecule has 1 atom stereocenters. The van der Waals surface area contributed by atoms with Gasteiger partial charge in [0.2, 0.25) is 0 Å². The summed E-state index contributed by atoms with van der Waals surface area (Å²) in [5.41, 5.74) is 6.38. The first-order chi connectivity index (χ1) is 8.63. The summed E-state index contributed by atoms with van der Waals surface area (Å²) >= 11 is 0. The van der Waals surface area contributed by atoms with E-state index in [9.17, 15) is 4.79 Å². The Labute approximate surface area is 108 Å². The van der Waals surface area contributed by atoms with E-state index in [-0.39, 0.29) is 0 Å². The smallest absolute Gasteiger partial charge is 0.320 e. The first kappa shape index (κ1) is 14.5. The van der Waals surface area contributed by atoms with Crippen LogP contribution < -0.4 is 10.5 Å². The molecule has 0 fully saturated rings. The Bertz CT molecular complexity index is 362. The van der Waals surface area contributed by atoms with Gasteiger partial charge in [-0.05, 0) is 30.5 Å². The van der Waals surface area contributed by atoms with Crippen LogP contribution in [0.25, 0.3) is 0 Å². The third kappa shape index (κ3) is 5.19. The number of hydrogen-bond donors (Lipinski definition) is 2. The number of benzene rings is 1. The van der Waals surface area contributed by atoms with E-state index in [0.29, 0.717) is 6.42 Å². The zero-order chi connectivity index (χ0) is 13.4. The molecule has 1 rings (SSSR count). The summed E-state index contributed by atoms with van der Waals surface area (Å²) < 4.78 is 5.57. The second kappa shape index (κ2) is 7.71. The lowest BCUT2D eigenvalue weighted by molar-refractivity contribution is -0.138.